The molecule has 0 aliphatic carbocycles. The zero-order valence-electron chi connectivity index (χ0n) is 68.0. The van der Waals surface area contributed by atoms with E-state index in [0.717, 1.165) is 120 Å². The highest BCUT2D eigenvalue weighted by Gasteiger charge is 2.30. The molecule has 0 rings (SSSR count). The molecule has 0 amide bonds. The van der Waals surface area contributed by atoms with Crippen molar-refractivity contribution in [3.05, 3.63) is 0 Å². The fourth-order valence-corrected chi connectivity index (χ4v) is 14.5. The summed E-state index contributed by atoms with van der Waals surface area (Å²) in [5.41, 5.74) is 0. The molecule has 0 radical (unpaired) electrons. The maximum atomic E-state index is 13.1. The molecule has 3 N–H and O–H groups in total. The molecule has 0 aromatic carbocycles. The molecule has 0 aliphatic heterocycles. The number of unbranched alkanes of at least 4 members (excludes halogenated alkanes) is 45. The van der Waals surface area contributed by atoms with Gasteiger partial charge in [-0.1, -0.05) is 383 Å². The van der Waals surface area contributed by atoms with Crippen LogP contribution in [0, 0.1) is 23.7 Å². The van der Waals surface area contributed by atoms with Crippen molar-refractivity contribution < 1.29 is 80.2 Å². The quantitative estimate of drug-likeness (QED) is 0.0222. The molecule has 0 aromatic rings. The van der Waals surface area contributed by atoms with Gasteiger partial charge in [0.25, 0.3) is 0 Å². The number of carbonyl (C=O) groups is 4. The van der Waals surface area contributed by atoms with Crippen LogP contribution in [-0.4, -0.2) is 96.7 Å². The van der Waals surface area contributed by atoms with Crippen molar-refractivity contribution in [2.75, 3.05) is 39.6 Å². The van der Waals surface area contributed by atoms with Crippen LogP contribution in [0.5, 0.6) is 0 Å². The van der Waals surface area contributed by atoms with E-state index in [4.69, 9.17) is 37.0 Å². The highest BCUT2D eigenvalue weighted by atomic mass is 31.2. The molecule has 0 aromatic heterocycles. The standard InChI is InChI=1S/C84H164O17P2/c1-9-76(7)62-54-46-38-32-28-24-20-16-12-14-18-22-26-30-34-40-50-58-66-83(88)100-79(70-94-81(86)64-56-48-41-35-37-45-53-61-75(5)6)72-98-102(90,91)96-68-78(85)69-97-103(92,93)99-73-80(71-95-82(87)65-57-49-43-42-47-55-63-77(8)10-2)101-84(89)67-59-51-39-33-29-25-21-17-13-11-15-19-23-27-31-36-44-52-60-74(3)4/h74-80,85H,9-73H2,1-8H3,(H,90,91)(H,92,93)/t76?,77?,78?,79-,80-/m1/s1. The molecule has 103 heavy (non-hydrogen) atoms. The van der Waals surface area contributed by atoms with Crippen LogP contribution >= 0.6 is 15.6 Å². The first-order chi connectivity index (χ1) is 49.7. The van der Waals surface area contributed by atoms with Crippen LogP contribution in [0.2, 0.25) is 0 Å². The highest BCUT2D eigenvalue weighted by molar-refractivity contribution is 7.47. The van der Waals surface area contributed by atoms with Gasteiger partial charge in [-0.05, 0) is 49.4 Å². The highest BCUT2D eigenvalue weighted by Crippen LogP contribution is 2.45. The van der Waals surface area contributed by atoms with E-state index < -0.39 is 97.5 Å². The predicted octanol–water partition coefficient (Wildman–Crippen LogP) is 25.2. The smallest absolute Gasteiger partial charge is 0.462 e. The molecular formula is C84H164O17P2. The topological polar surface area (TPSA) is 237 Å². The summed E-state index contributed by atoms with van der Waals surface area (Å²) in [6, 6.07) is 0. The van der Waals surface area contributed by atoms with Crippen molar-refractivity contribution in [2.45, 2.75) is 453 Å². The maximum absolute atomic E-state index is 13.1. The molecule has 0 spiro atoms. The lowest BCUT2D eigenvalue weighted by atomic mass is 9.99. The van der Waals surface area contributed by atoms with Crippen LogP contribution < -0.4 is 0 Å². The minimum atomic E-state index is -4.96. The van der Waals surface area contributed by atoms with Gasteiger partial charge in [0.05, 0.1) is 26.4 Å². The SMILES string of the molecule is CCC(C)CCCCCCCCCCCCCCCCCCCCC(=O)O[C@H](COC(=O)CCCCCCCCCC(C)C)COP(=O)(O)OCC(O)COP(=O)(O)OC[C@@H](COC(=O)CCCCCCCCC(C)CC)OC(=O)CCCCCCCCCCCCCCCCCCCCC(C)C. The van der Waals surface area contributed by atoms with E-state index in [1.807, 2.05) is 0 Å². The molecular weight excluding hydrogens is 1340 g/mol. The second-order valence-electron chi connectivity index (χ2n) is 31.7. The first-order valence-corrected chi connectivity index (χ1v) is 46.3. The van der Waals surface area contributed by atoms with E-state index in [-0.39, 0.29) is 25.7 Å². The number of aliphatic hydroxyl groups excluding tert-OH is 1. The van der Waals surface area contributed by atoms with E-state index >= 15 is 0 Å². The van der Waals surface area contributed by atoms with Crippen LogP contribution in [0.15, 0.2) is 0 Å². The second-order valence-corrected chi connectivity index (χ2v) is 34.6. The Labute approximate surface area is 632 Å². The van der Waals surface area contributed by atoms with Gasteiger partial charge in [0.15, 0.2) is 12.2 Å². The van der Waals surface area contributed by atoms with Crippen molar-refractivity contribution >= 4 is 39.5 Å². The van der Waals surface area contributed by atoms with Crippen molar-refractivity contribution in [3.8, 4) is 0 Å². The Morgan fingerprint density at radius 2 is 0.466 bits per heavy atom. The number of aliphatic hydroxyl groups is 1. The molecule has 0 heterocycles. The van der Waals surface area contributed by atoms with E-state index in [1.165, 1.54) is 225 Å². The monoisotopic (exact) mass is 1510 g/mol. The molecule has 0 aliphatic rings. The van der Waals surface area contributed by atoms with Crippen LogP contribution in [-0.2, 0) is 65.4 Å². The number of esters is 4. The average Bonchev–Trinajstić information content (AvgIpc) is 0.913. The average molecular weight is 1510 g/mol. The van der Waals surface area contributed by atoms with Crippen LogP contribution in [0.25, 0.3) is 0 Å². The summed E-state index contributed by atoms with van der Waals surface area (Å²) in [7, 11) is -9.92. The number of phosphoric acid groups is 2. The lowest BCUT2D eigenvalue weighted by Gasteiger charge is -2.21. The number of hydrogen-bond acceptors (Lipinski definition) is 15. The molecule has 0 fully saturated rings. The summed E-state index contributed by atoms with van der Waals surface area (Å²) in [5, 5.41) is 10.6. The first kappa shape index (κ1) is 101. The number of ether oxygens (including phenoxy) is 4. The van der Waals surface area contributed by atoms with Gasteiger partial charge in [0, 0.05) is 25.7 Å². The van der Waals surface area contributed by atoms with Gasteiger partial charge in [-0.25, -0.2) is 9.13 Å². The van der Waals surface area contributed by atoms with E-state index in [0.29, 0.717) is 31.6 Å². The summed E-state index contributed by atoms with van der Waals surface area (Å²) in [5.74, 6) is 1.01. The van der Waals surface area contributed by atoms with Gasteiger partial charge in [0.2, 0.25) is 0 Å². The second kappa shape index (κ2) is 72.9. The number of carbonyl (C=O) groups excluding carboxylic acids is 4. The molecule has 0 bridgehead atoms. The molecule has 17 nitrogen and oxygen atoms in total. The Morgan fingerprint density at radius 1 is 0.272 bits per heavy atom. The van der Waals surface area contributed by atoms with Crippen LogP contribution in [0.4, 0.5) is 0 Å². The zero-order valence-corrected chi connectivity index (χ0v) is 69.7. The van der Waals surface area contributed by atoms with Gasteiger partial charge in [0.1, 0.15) is 19.3 Å². The van der Waals surface area contributed by atoms with Crippen molar-refractivity contribution in [1.82, 2.24) is 0 Å². The summed E-state index contributed by atoms with van der Waals surface area (Å²) in [6.45, 7) is 14.3. The van der Waals surface area contributed by atoms with Gasteiger partial charge in [-0.3, -0.25) is 37.3 Å². The summed E-state index contributed by atoms with van der Waals surface area (Å²) >= 11 is 0. The zero-order chi connectivity index (χ0) is 76.0. The van der Waals surface area contributed by atoms with Crippen molar-refractivity contribution in [2.24, 2.45) is 23.7 Å². The molecule has 19 heteroatoms. The minimum Gasteiger partial charge on any atom is -0.462 e. The lowest BCUT2D eigenvalue weighted by Crippen LogP contribution is -2.30. The van der Waals surface area contributed by atoms with Crippen LogP contribution in [0.3, 0.4) is 0 Å². The van der Waals surface area contributed by atoms with E-state index in [2.05, 4.69) is 55.4 Å². The van der Waals surface area contributed by atoms with E-state index in [9.17, 15) is 43.2 Å². The third kappa shape index (κ3) is 75.3. The fraction of sp³-hybridized carbons (Fsp3) is 0.952. The maximum Gasteiger partial charge on any atom is 0.472 e. The van der Waals surface area contributed by atoms with Crippen molar-refractivity contribution in [3.63, 3.8) is 0 Å². The molecule has 0 saturated carbocycles. The fourth-order valence-electron chi connectivity index (χ4n) is 12.9. The summed E-state index contributed by atoms with van der Waals surface area (Å²) < 4.78 is 68.7. The summed E-state index contributed by atoms with van der Waals surface area (Å²) in [4.78, 5) is 73.0. The largest absolute Gasteiger partial charge is 0.472 e. The van der Waals surface area contributed by atoms with Gasteiger partial charge >= 0.3 is 39.5 Å². The Morgan fingerprint density at radius 3 is 0.689 bits per heavy atom. The minimum absolute atomic E-state index is 0.107. The first-order valence-electron chi connectivity index (χ1n) is 43.3. The number of phosphoric ester groups is 2. The third-order valence-electron chi connectivity index (χ3n) is 20.3. The predicted molar refractivity (Wildman–Crippen MR) is 423 cm³/mol. The molecule has 0 saturated heterocycles. The molecule has 5 unspecified atom stereocenters. The van der Waals surface area contributed by atoms with Gasteiger partial charge in [-0.2, -0.15) is 0 Å². The molecule has 7 atom stereocenters. The van der Waals surface area contributed by atoms with E-state index in [1.54, 1.807) is 0 Å². The number of rotatable bonds is 81. The Kier molecular flexibility index (Phi) is 71.5. The number of hydrogen-bond donors (Lipinski definition) is 3. The van der Waals surface area contributed by atoms with Crippen molar-refractivity contribution in [1.29, 1.82) is 0 Å². The Bertz CT molecular complexity index is 2010. The van der Waals surface area contributed by atoms with Crippen LogP contribution in [0.1, 0.15) is 434 Å². The summed E-state index contributed by atoms with van der Waals surface area (Å²) in [6.07, 6.45) is 61.4. The van der Waals surface area contributed by atoms with Gasteiger partial charge in [-0.15, -0.1) is 0 Å². The normalized spacial score (nSPS) is 14.5. The van der Waals surface area contributed by atoms with Gasteiger partial charge < -0.3 is 33.8 Å². The Balaban J connectivity index is 5.14. The third-order valence-corrected chi connectivity index (χ3v) is 22.2. The lowest BCUT2D eigenvalue weighted by molar-refractivity contribution is -0.161. The Hall–Kier alpha value is -1.94. The molecule has 612 valence electrons.